The van der Waals surface area contributed by atoms with Crippen molar-refractivity contribution in [3.8, 4) is 11.5 Å². The number of nitro benzene ring substituents is 1. The SMILES string of the molecule is CC1(C)OC(c2ccco2)CN1C(=O)C(Cl)Cl.CCc1cccc(C)c1N(C(=O)CCl)C(C)COC.COC(=O)c1cc(Oc2ccc(Cl)cc2Cl)ccc1[N+](=O)[O-].O=C(O)CNCP(=O)(O)O. The predicted octanol–water partition coefficient (Wildman–Crippen LogP) is 9.16. The number of hydrogen-bond donors (Lipinski definition) is 4. The molecule has 0 saturated carbocycles. The van der Waals surface area contributed by atoms with E-state index in [1.807, 2.05) is 32.0 Å². The van der Waals surface area contributed by atoms with Gasteiger partial charge in [0.2, 0.25) is 5.91 Å². The van der Waals surface area contributed by atoms with Crippen LogP contribution in [0, 0.1) is 17.0 Å². The molecule has 1 aliphatic rings. The molecule has 3 aromatic carbocycles. The van der Waals surface area contributed by atoms with Crippen LogP contribution in [0.2, 0.25) is 10.0 Å². The molecule has 2 atom stereocenters. The summed E-state index contributed by atoms with van der Waals surface area (Å²) >= 11 is 28.7. The maximum absolute atomic E-state index is 12.2. The van der Waals surface area contributed by atoms with Gasteiger partial charge in [-0.2, -0.15) is 0 Å². The summed E-state index contributed by atoms with van der Waals surface area (Å²) in [4.78, 5) is 74.2. The van der Waals surface area contributed by atoms with Crippen LogP contribution in [0.5, 0.6) is 11.5 Å². The summed E-state index contributed by atoms with van der Waals surface area (Å²) in [6.45, 7) is 10.1. The molecule has 68 heavy (non-hydrogen) atoms. The third-order valence-electron chi connectivity index (χ3n) is 9.20. The number of aryl methyl sites for hydroxylation is 2. The standard InChI is InChI=1S/C15H22ClNO2.C14H9Cl2NO5.C11H13Cl2NO3.C3H8NO5P/c1-5-13-8-6-7-11(2)15(13)17(14(18)9-16)12(3)10-19-4;1-21-14(18)10-7-9(3-4-12(10)17(19)20)22-13-5-2-8(15)6-11(13)16;1-11(2)14(10(15)9(12)13)6-8(17-11)7-4-3-5-16-7;5-3(6)1-4-2-10(7,8)9/h6-8,12H,5,9-10H2,1-4H3;2-7H,1H3;3-5,8-9H,6H2,1-2H3;4H,1-2H2,(H,5,6)(H2,7,8,9). The van der Waals surface area contributed by atoms with Crippen LogP contribution in [0.4, 0.5) is 11.4 Å². The number of nitrogens with zero attached hydrogens (tertiary/aromatic N) is 3. The summed E-state index contributed by atoms with van der Waals surface area (Å²) in [5, 5.41) is 21.7. The van der Waals surface area contributed by atoms with Gasteiger partial charge in [-0.05, 0) is 81.6 Å². The molecule has 374 valence electrons. The van der Waals surface area contributed by atoms with Crippen molar-refractivity contribution in [2.24, 2.45) is 0 Å². The highest BCUT2D eigenvalue weighted by Gasteiger charge is 2.45. The number of carbonyl (C=O) groups is 4. The van der Waals surface area contributed by atoms with Crippen LogP contribution in [-0.4, -0.2) is 111 Å². The molecule has 0 aliphatic carbocycles. The summed E-state index contributed by atoms with van der Waals surface area (Å²) < 4.78 is 36.3. The molecule has 0 bridgehead atoms. The van der Waals surface area contributed by atoms with Crippen LogP contribution >= 0.6 is 65.6 Å². The molecule has 1 saturated heterocycles. The van der Waals surface area contributed by atoms with Gasteiger partial charge in [-0.15, -0.1) is 11.6 Å². The molecule has 0 radical (unpaired) electrons. The van der Waals surface area contributed by atoms with Crippen molar-refractivity contribution in [3.05, 3.63) is 116 Å². The largest absolute Gasteiger partial charge is 0.480 e. The lowest BCUT2D eigenvalue weighted by atomic mass is 10.0. The molecular weight excluding hydrogens is 1020 g/mol. The number of para-hydroxylation sites is 1. The monoisotopic (exact) mass is 1070 g/mol. The first-order valence-corrected chi connectivity index (χ1v) is 24.0. The minimum Gasteiger partial charge on any atom is -0.480 e. The summed E-state index contributed by atoms with van der Waals surface area (Å²) in [6.07, 6.45) is 1.57. The molecule has 2 unspecified atom stereocenters. The first-order valence-electron chi connectivity index (χ1n) is 20.0. The second kappa shape index (κ2) is 28.2. The average molecular weight is 1070 g/mol. The number of furan rings is 1. The van der Waals surface area contributed by atoms with E-state index in [4.69, 9.17) is 91.5 Å². The number of nitrogens with one attached hydrogen (secondary N) is 1. The topological polar surface area (TPSA) is 258 Å². The number of carboxylic acid groups (broad SMARTS) is 1. The number of carboxylic acids is 1. The summed E-state index contributed by atoms with van der Waals surface area (Å²) in [7, 11) is -1.32. The molecule has 19 nitrogen and oxygen atoms in total. The highest BCUT2D eigenvalue weighted by atomic mass is 35.5. The van der Waals surface area contributed by atoms with Gasteiger partial charge in [0, 0.05) is 24.3 Å². The zero-order valence-corrected chi connectivity index (χ0v) is 42.5. The second-order valence-corrected chi connectivity index (χ2v) is 18.6. The summed E-state index contributed by atoms with van der Waals surface area (Å²) in [5.74, 6) is -1.25. The van der Waals surface area contributed by atoms with E-state index in [0.29, 0.717) is 29.7 Å². The fourth-order valence-corrected chi connectivity index (χ4v) is 7.47. The van der Waals surface area contributed by atoms with E-state index in [-0.39, 0.29) is 51.9 Å². The Morgan fingerprint density at radius 2 is 1.74 bits per heavy atom. The Hall–Kier alpha value is -4.50. The molecule has 4 N–H and O–H groups in total. The van der Waals surface area contributed by atoms with Gasteiger partial charge in [-0.1, -0.05) is 71.5 Å². The van der Waals surface area contributed by atoms with Crippen LogP contribution in [0.3, 0.4) is 0 Å². The Balaban J connectivity index is 0.000000321. The van der Waals surface area contributed by atoms with E-state index >= 15 is 0 Å². The normalized spacial score (nSPS) is 14.2. The number of anilines is 1. The number of rotatable bonds is 16. The zero-order chi connectivity index (χ0) is 51.5. The molecule has 2 heterocycles. The van der Waals surface area contributed by atoms with Crippen LogP contribution in [0.25, 0.3) is 0 Å². The molecule has 1 aromatic heterocycles. The van der Waals surface area contributed by atoms with Crippen molar-refractivity contribution in [1.29, 1.82) is 0 Å². The van der Waals surface area contributed by atoms with Crippen molar-refractivity contribution < 1.29 is 66.9 Å². The number of halogens is 5. The molecule has 5 rings (SSSR count). The Morgan fingerprint density at radius 3 is 2.25 bits per heavy atom. The lowest BCUT2D eigenvalue weighted by Crippen LogP contribution is -2.45. The number of alkyl halides is 3. The highest BCUT2D eigenvalue weighted by molar-refractivity contribution is 7.51. The lowest BCUT2D eigenvalue weighted by molar-refractivity contribution is -0.385. The van der Waals surface area contributed by atoms with Crippen molar-refractivity contribution in [2.45, 2.75) is 63.7 Å². The first-order chi connectivity index (χ1) is 31.8. The van der Waals surface area contributed by atoms with Gasteiger partial charge in [0.05, 0.1) is 61.0 Å². The van der Waals surface area contributed by atoms with Gasteiger partial charge in [0.15, 0.2) is 4.84 Å². The van der Waals surface area contributed by atoms with Crippen molar-refractivity contribution in [3.63, 3.8) is 0 Å². The van der Waals surface area contributed by atoms with Crippen LogP contribution in [0.15, 0.2) is 77.4 Å². The number of nitro groups is 1. The van der Waals surface area contributed by atoms with Gasteiger partial charge >= 0.3 is 19.5 Å². The summed E-state index contributed by atoms with van der Waals surface area (Å²) in [6, 6.07) is 18.0. The smallest absolute Gasteiger partial charge is 0.345 e. The third kappa shape index (κ3) is 18.8. The molecule has 0 spiro atoms. The molecular formula is C43H52Cl5N4O15P. The van der Waals surface area contributed by atoms with Crippen molar-refractivity contribution in [1.82, 2.24) is 10.2 Å². The lowest BCUT2D eigenvalue weighted by Gasteiger charge is -2.31. The molecule has 25 heteroatoms. The van der Waals surface area contributed by atoms with Gasteiger partial charge < -0.3 is 48.1 Å². The average Bonchev–Trinajstić information content (AvgIpc) is 3.92. The van der Waals surface area contributed by atoms with E-state index < -0.39 is 47.8 Å². The minimum absolute atomic E-state index is 0.0223. The molecule has 4 aromatic rings. The first kappa shape index (κ1) is 59.6. The zero-order valence-electron chi connectivity index (χ0n) is 37.8. The van der Waals surface area contributed by atoms with E-state index in [1.54, 1.807) is 50.3 Å². The number of aliphatic carboxylic acids is 1. The number of carbonyl (C=O) groups excluding carboxylic acids is 3. The Morgan fingerprint density at radius 1 is 1.06 bits per heavy atom. The number of ether oxygens (including phenoxy) is 4. The fourth-order valence-electron chi connectivity index (χ4n) is 6.26. The predicted molar refractivity (Wildman–Crippen MR) is 257 cm³/mol. The number of amides is 2. The Bertz CT molecular complexity index is 2370. The van der Waals surface area contributed by atoms with Crippen molar-refractivity contribution in [2.75, 3.05) is 51.0 Å². The minimum atomic E-state index is -4.10. The molecule has 1 aliphatic heterocycles. The number of hydrogen-bond acceptors (Lipinski definition) is 13. The quantitative estimate of drug-likeness (QED) is 0.0268. The maximum atomic E-state index is 12.2. The van der Waals surface area contributed by atoms with Crippen molar-refractivity contribution >= 4 is 101 Å². The van der Waals surface area contributed by atoms with Gasteiger partial charge in [-0.25, -0.2) is 4.79 Å². The maximum Gasteiger partial charge on any atom is 0.345 e. The van der Waals surface area contributed by atoms with E-state index in [1.165, 1.54) is 23.1 Å². The molecule has 1 fully saturated rings. The van der Waals surface area contributed by atoms with Crippen LogP contribution in [0.1, 0.15) is 61.0 Å². The number of esters is 1. The van der Waals surface area contributed by atoms with Gasteiger partial charge in [-0.3, -0.25) is 34.4 Å². The van der Waals surface area contributed by atoms with Crippen LogP contribution < -0.4 is 15.0 Å². The number of methoxy groups -OCH3 is 2. The van der Waals surface area contributed by atoms with Crippen LogP contribution in [-0.2, 0) is 39.6 Å². The number of benzene rings is 3. The van der Waals surface area contributed by atoms with Gasteiger partial charge in [0.1, 0.15) is 40.5 Å². The fraction of sp³-hybridized carbons (Fsp3) is 0.395. The Labute approximate surface area is 417 Å². The second-order valence-electron chi connectivity index (χ2n) is 14.7. The third-order valence-corrected chi connectivity index (χ3v) is 11.0. The summed E-state index contributed by atoms with van der Waals surface area (Å²) in [5.41, 5.74) is 1.88. The Kier molecular flexibility index (Phi) is 24.8. The van der Waals surface area contributed by atoms with E-state index in [2.05, 4.69) is 23.0 Å². The van der Waals surface area contributed by atoms with Gasteiger partial charge in [0.25, 0.3) is 11.6 Å². The van der Waals surface area contributed by atoms with E-state index in [0.717, 1.165) is 36.4 Å². The van der Waals surface area contributed by atoms with E-state index in [9.17, 15) is 33.9 Å². The molecule has 2 amide bonds. The highest BCUT2D eigenvalue weighted by Crippen LogP contribution is 2.37.